The van der Waals surface area contributed by atoms with E-state index >= 15 is 0 Å². The van der Waals surface area contributed by atoms with Crippen molar-refractivity contribution in [2.75, 3.05) is 5.32 Å². The van der Waals surface area contributed by atoms with Gasteiger partial charge in [-0.2, -0.15) is 0 Å². The van der Waals surface area contributed by atoms with Crippen LogP contribution in [0, 0.1) is 13.8 Å². The van der Waals surface area contributed by atoms with Crippen LogP contribution in [0.15, 0.2) is 51.9 Å². The van der Waals surface area contributed by atoms with E-state index in [9.17, 15) is 4.79 Å². The number of carbonyl (C=O) groups is 1. The molecule has 1 aliphatic heterocycles. The fourth-order valence-electron chi connectivity index (χ4n) is 4.13. The third-order valence-electron chi connectivity index (χ3n) is 5.84. The Hall–Kier alpha value is -2.93. The second-order valence-electron chi connectivity index (χ2n) is 8.03. The minimum Gasteiger partial charge on any atom is -0.448 e. The predicted molar refractivity (Wildman–Crippen MR) is 119 cm³/mol. The third-order valence-corrected chi connectivity index (χ3v) is 6.94. The van der Waals surface area contributed by atoms with Crippen molar-refractivity contribution in [2.45, 2.75) is 56.0 Å². The molecule has 1 aromatic heterocycles. The lowest BCUT2D eigenvalue weighted by Gasteiger charge is -2.21. The molecule has 2 heterocycles. The number of aromatic nitrogens is 1. The number of nitrogens with zero attached hydrogens (tertiary/aromatic N) is 1. The van der Waals surface area contributed by atoms with Gasteiger partial charge in [-0.15, -0.1) is 11.8 Å². The van der Waals surface area contributed by atoms with Gasteiger partial charge in [0.25, 0.3) is 11.7 Å². The Morgan fingerprint density at radius 1 is 1.10 bits per heavy atom. The molecule has 0 radical (unpaired) electrons. The van der Waals surface area contributed by atoms with Gasteiger partial charge in [-0.05, 0) is 51.0 Å². The molecule has 0 saturated heterocycles. The first-order chi connectivity index (χ1) is 15.0. The van der Waals surface area contributed by atoms with E-state index in [1.54, 1.807) is 11.8 Å². The standard InChI is InChI=1S/C24H24N2O4S/c1-15-19(16(2)30-26-15)14-31-22-8-4-3-7-18(22)23(27)25-17-9-10-20-21(13-17)29-24(28-20)11-5-6-12-24/h3-4,7-10,13H,5-6,11-12,14H2,1-2H3,(H,25,27). The van der Waals surface area contributed by atoms with E-state index in [1.807, 2.05) is 56.3 Å². The molecule has 31 heavy (non-hydrogen) atoms. The van der Waals surface area contributed by atoms with E-state index in [0.29, 0.717) is 22.8 Å². The van der Waals surface area contributed by atoms with Crippen molar-refractivity contribution in [3.63, 3.8) is 0 Å². The first-order valence-corrected chi connectivity index (χ1v) is 11.5. The molecule has 7 heteroatoms. The lowest BCUT2D eigenvalue weighted by molar-refractivity contribution is -0.0716. The molecule has 6 nitrogen and oxygen atoms in total. The molecule has 0 bridgehead atoms. The van der Waals surface area contributed by atoms with Gasteiger partial charge in [-0.3, -0.25) is 4.79 Å². The Morgan fingerprint density at radius 3 is 2.65 bits per heavy atom. The normalized spacial score (nSPS) is 16.1. The summed E-state index contributed by atoms with van der Waals surface area (Å²) in [4.78, 5) is 14.0. The fourth-order valence-corrected chi connectivity index (χ4v) is 5.33. The van der Waals surface area contributed by atoms with Gasteiger partial charge in [-0.25, -0.2) is 0 Å². The number of hydrogen-bond acceptors (Lipinski definition) is 6. The van der Waals surface area contributed by atoms with Gasteiger partial charge >= 0.3 is 0 Å². The zero-order chi connectivity index (χ0) is 21.4. The molecule has 3 aromatic rings. The van der Waals surface area contributed by atoms with Crippen molar-refractivity contribution in [1.29, 1.82) is 0 Å². The summed E-state index contributed by atoms with van der Waals surface area (Å²) in [6.07, 6.45) is 4.03. The number of ether oxygens (including phenoxy) is 2. The van der Waals surface area contributed by atoms with Crippen LogP contribution < -0.4 is 14.8 Å². The summed E-state index contributed by atoms with van der Waals surface area (Å²) in [6.45, 7) is 3.84. The van der Waals surface area contributed by atoms with Crippen molar-refractivity contribution in [3.8, 4) is 11.5 Å². The molecular weight excluding hydrogens is 412 g/mol. The monoisotopic (exact) mass is 436 g/mol. The number of benzene rings is 2. The molecule has 2 aromatic carbocycles. The molecular formula is C24H24N2O4S. The lowest BCUT2D eigenvalue weighted by atomic mass is 10.2. The summed E-state index contributed by atoms with van der Waals surface area (Å²) >= 11 is 1.60. The highest BCUT2D eigenvalue weighted by Crippen LogP contribution is 2.47. The highest BCUT2D eigenvalue weighted by Gasteiger charge is 2.44. The van der Waals surface area contributed by atoms with E-state index < -0.39 is 5.79 Å². The van der Waals surface area contributed by atoms with Gasteiger partial charge in [-0.1, -0.05) is 17.3 Å². The van der Waals surface area contributed by atoms with Crippen molar-refractivity contribution in [3.05, 3.63) is 65.0 Å². The van der Waals surface area contributed by atoms with E-state index in [1.165, 1.54) is 0 Å². The van der Waals surface area contributed by atoms with Gasteiger partial charge < -0.3 is 19.3 Å². The smallest absolute Gasteiger partial charge is 0.256 e. The number of aryl methyl sites for hydroxylation is 2. The molecule has 1 fully saturated rings. The number of amides is 1. The van der Waals surface area contributed by atoms with E-state index in [2.05, 4.69) is 10.5 Å². The molecule has 2 aliphatic rings. The van der Waals surface area contributed by atoms with Crippen molar-refractivity contribution < 1.29 is 18.8 Å². The first kappa shape index (κ1) is 20.0. The SMILES string of the molecule is Cc1noc(C)c1CSc1ccccc1C(=O)Nc1ccc2c(c1)OC1(CCCC1)O2. The minimum absolute atomic E-state index is 0.156. The second kappa shape index (κ2) is 7.96. The maximum atomic E-state index is 13.1. The van der Waals surface area contributed by atoms with Gasteiger partial charge in [0.05, 0.1) is 11.3 Å². The second-order valence-corrected chi connectivity index (χ2v) is 9.04. The van der Waals surface area contributed by atoms with E-state index in [4.69, 9.17) is 14.0 Å². The molecule has 1 N–H and O–H groups in total. The molecule has 1 saturated carbocycles. The highest BCUT2D eigenvalue weighted by molar-refractivity contribution is 7.98. The summed E-state index contributed by atoms with van der Waals surface area (Å²) in [6, 6.07) is 13.2. The van der Waals surface area contributed by atoms with Crippen molar-refractivity contribution in [2.24, 2.45) is 0 Å². The number of anilines is 1. The van der Waals surface area contributed by atoms with Crippen LogP contribution in [-0.4, -0.2) is 16.9 Å². The van der Waals surface area contributed by atoms with Gasteiger partial charge in [0, 0.05) is 40.8 Å². The average Bonchev–Trinajstić information content (AvgIpc) is 3.46. The predicted octanol–water partition coefficient (Wildman–Crippen LogP) is 5.88. The minimum atomic E-state index is -0.508. The van der Waals surface area contributed by atoms with Gasteiger partial charge in [0.15, 0.2) is 11.5 Å². The number of nitrogens with one attached hydrogen (secondary N) is 1. The van der Waals surface area contributed by atoms with Crippen molar-refractivity contribution >= 4 is 23.4 Å². The van der Waals surface area contributed by atoms with E-state index in [0.717, 1.165) is 53.3 Å². The Morgan fingerprint density at radius 2 is 1.87 bits per heavy atom. The van der Waals surface area contributed by atoms with Crippen LogP contribution >= 0.6 is 11.8 Å². The molecule has 1 amide bonds. The number of rotatable bonds is 5. The van der Waals surface area contributed by atoms with Crippen LogP contribution in [0.2, 0.25) is 0 Å². The first-order valence-electron chi connectivity index (χ1n) is 10.5. The molecule has 160 valence electrons. The quantitative estimate of drug-likeness (QED) is 0.504. The highest BCUT2D eigenvalue weighted by atomic mass is 32.2. The Balaban J connectivity index is 1.31. The summed E-state index contributed by atoms with van der Waals surface area (Å²) in [7, 11) is 0. The van der Waals surface area contributed by atoms with Gasteiger partial charge in [0.2, 0.25) is 0 Å². The third kappa shape index (κ3) is 3.90. The number of thioether (sulfide) groups is 1. The molecule has 1 spiro atoms. The Kier molecular flexibility index (Phi) is 5.14. The zero-order valence-electron chi connectivity index (χ0n) is 17.6. The van der Waals surface area contributed by atoms with Crippen LogP contribution in [0.5, 0.6) is 11.5 Å². The lowest BCUT2D eigenvalue weighted by Crippen LogP contribution is -2.34. The Bertz CT molecular complexity index is 1110. The summed E-state index contributed by atoms with van der Waals surface area (Å²) < 4.78 is 17.4. The number of hydrogen-bond donors (Lipinski definition) is 1. The van der Waals surface area contributed by atoms with Crippen molar-refractivity contribution in [1.82, 2.24) is 5.16 Å². The topological polar surface area (TPSA) is 73.6 Å². The number of fused-ring (bicyclic) bond motifs is 1. The maximum absolute atomic E-state index is 13.1. The summed E-state index contributed by atoms with van der Waals surface area (Å²) in [5, 5.41) is 7.01. The molecule has 1 aliphatic carbocycles. The van der Waals surface area contributed by atoms with Crippen LogP contribution in [0.1, 0.15) is 53.1 Å². The van der Waals surface area contributed by atoms with E-state index in [-0.39, 0.29) is 5.91 Å². The van der Waals surface area contributed by atoms with Crippen LogP contribution in [-0.2, 0) is 5.75 Å². The molecule has 5 rings (SSSR count). The largest absolute Gasteiger partial charge is 0.448 e. The molecule has 0 atom stereocenters. The maximum Gasteiger partial charge on any atom is 0.256 e. The fraction of sp³-hybridized carbons (Fsp3) is 0.333. The van der Waals surface area contributed by atoms with Crippen LogP contribution in [0.3, 0.4) is 0 Å². The Labute approximate surface area is 185 Å². The van der Waals surface area contributed by atoms with Crippen LogP contribution in [0.4, 0.5) is 5.69 Å². The zero-order valence-corrected chi connectivity index (χ0v) is 18.4. The van der Waals surface area contributed by atoms with Gasteiger partial charge in [0.1, 0.15) is 5.76 Å². The summed E-state index contributed by atoms with van der Waals surface area (Å²) in [5.41, 5.74) is 3.27. The molecule has 0 unspecified atom stereocenters. The summed E-state index contributed by atoms with van der Waals surface area (Å²) in [5.74, 6) is 2.28. The van der Waals surface area contributed by atoms with Crippen LogP contribution in [0.25, 0.3) is 0 Å². The average molecular weight is 437 g/mol. The number of carbonyl (C=O) groups excluding carboxylic acids is 1.